The molecule has 1 atom stereocenters. The molecule has 4 heteroatoms. The third-order valence-electron chi connectivity index (χ3n) is 3.93. The maximum atomic E-state index is 5.77. The molecule has 1 N–H and O–H groups in total. The fourth-order valence-electron chi connectivity index (χ4n) is 2.59. The summed E-state index contributed by atoms with van der Waals surface area (Å²) in [4.78, 5) is 0. The molecule has 0 aromatic carbocycles. The van der Waals surface area contributed by atoms with Gasteiger partial charge in [-0.2, -0.15) is 11.3 Å². The molecule has 0 bridgehead atoms. The normalized spacial score (nSPS) is 19.5. The van der Waals surface area contributed by atoms with Crippen LogP contribution < -0.4 is 5.32 Å². The van der Waals surface area contributed by atoms with E-state index >= 15 is 0 Å². The molecule has 102 valence electrons. The van der Waals surface area contributed by atoms with E-state index in [2.05, 4.69) is 38.9 Å². The van der Waals surface area contributed by atoms with Gasteiger partial charge in [0.2, 0.25) is 0 Å². The van der Waals surface area contributed by atoms with E-state index in [1.165, 1.54) is 29.3 Å². The number of hydrogen-bond donors (Lipinski definition) is 1. The number of thiophene rings is 1. The van der Waals surface area contributed by atoms with Crippen LogP contribution in [0, 0.1) is 0 Å². The quantitative estimate of drug-likeness (QED) is 0.793. The number of rotatable bonds is 7. The maximum absolute atomic E-state index is 5.77. The summed E-state index contributed by atoms with van der Waals surface area (Å²) in [6.45, 7) is 3.27. The third-order valence-corrected chi connectivity index (χ3v) is 5.68. The Morgan fingerprint density at radius 1 is 1.50 bits per heavy atom. The van der Waals surface area contributed by atoms with E-state index in [0.29, 0.717) is 6.04 Å². The van der Waals surface area contributed by atoms with Gasteiger partial charge in [0, 0.05) is 23.0 Å². The highest BCUT2D eigenvalue weighted by Gasteiger charge is 2.39. The predicted molar refractivity (Wildman–Crippen MR) is 81.3 cm³/mol. The molecule has 1 saturated carbocycles. The molecule has 0 radical (unpaired) electrons. The van der Waals surface area contributed by atoms with Crippen molar-refractivity contribution >= 4 is 27.3 Å². The van der Waals surface area contributed by atoms with Gasteiger partial charge in [0.25, 0.3) is 0 Å². The van der Waals surface area contributed by atoms with Gasteiger partial charge in [-0.25, -0.2) is 0 Å². The van der Waals surface area contributed by atoms with Crippen LogP contribution in [0.4, 0.5) is 0 Å². The van der Waals surface area contributed by atoms with Crippen molar-refractivity contribution in [1.82, 2.24) is 5.32 Å². The monoisotopic (exact) mass is 331 g/mol. The Hall–Kier alpha value is 0.100. The van der Waals surface area contributed by atoms with Crippen molar-refractivity contribution in [2.45, 2.75) is 50.7 Å². The standard InChI is InChI=1S/C14H22BrNOS/c1-3-7-16-13(11-9-18-10-12(11)15)8-14(17-2)5-4-6-14/h9-10,13,16H,3-8H2,1-2H3. The van der Waals surface area contributed by atoms with Crippen molar-refractivity contribution in [3.63, 3.8) is 0 Å². The van der Waals surface area contributed by atoms with E-state index in [-0.39, 0.29) is 5.60 Å². The minimum atomic E-state index is 0.118. The summed E-state index contributed by atoms with van der Waals surface area (Å²) in [6, 6.07) is 0.408. The van der Waals surface area contributed by atoms with E-state index in [0.717, 1.165) is 19.4 Å². The second-order valence-electron chi connectivity index (χ2n) is 5.13. The lowest BCUT2D eigenvalue weighted by Gasteiger charge is -2.43. The summed E-state index contributed by atoms with van der Waals surface area (Å²) >= 11 is 5.42. The zero-order valence-electron chi connectivity index (χ0n) is 11.2. The lowest BCUT2D eigenvalue weighted by atomic mass is 9.75. The van der Waals surface area contributed by atoms with E-state index < -0.39 is 0 Å². The van der Waals surface area contributed by atoms with Crippen LogP contribution in [0.2, 0.25) is 0 Å². The highest BCUT2D eigenvalue weighted by Crippen LogP contribution is 2.43. The number of halogens is 1. The Bertz CT molecular complexity index is 370. The molecular weight excluding hydrogens is 310 g/mol. The lowest BCUT2D eigenvalue weighted by molar-refractivity contribution is -0.0838. The van der Waals surface area contributed by atoms with E-state index in [9.17, 15) is 0 Å². The molecule has 0 amide bonds. The van der Waals surface area contributed by atoms with Crippen molar-refractivity contribution in [3.8, 4) is 0 Å². The second kappa shape index (κ2) is 6.51. The first kappa shape index (κ1) is 14.5. The fourth-order valence-corrected chi connectivity index (χ4v) is 4.21. The topological polar surface area (TPSA) is 21.3 Å². The molecule has 1 aliphatic carbocycles. The van der Waals surface area contributed by atoms with Gasteiger partial charge in [-0.3, -0.25) is 0 Å². The van der Waals surface area contributed by atoms with Gasteiger partial charge >= 0.3 is 0 Å². The summed E-state index contributed by atoms with van der Waals surface area (Å²) < 4.78 is 7.00. The summed E-state index contributed by atoms with van der Waals surface area (Å²) in [6.07, 6.45) is 5.96. The highest BCUT2D eigenvalue weighted by molar-refractivity contribution is 9.10. The average molecular weight is 332 g/mol. The summed E-state index contributed by atoms with van der Waals surface area (Å²) in [5, 5.41) is 8.08. The number of hydrogen-bond acceptors (Lipinski definition) is 3. The first-order chi connectivity index (χ1) is 8.71. The SMILES string of the molecule is CCCNC(CC1(OC)CCC1)c1cscc1Br. The van der Waals surface area contributed by atoms with E-state index in [4.69, 9.17) is 4.74 Å². The average Bonchev–Trinajstić information content (AvgIpc) is 2.74. The Morgan fingerprint density at radius 2 is 2.28 bits per heavy atom. The second-order valence-corrected chi connectivity index (χ2v) is 6.72. The van der Waals surface area contributed by atoms with Crippen molar-refractivity contribution in [1.29, 1.82) is 0 Å². The van der Waals surface area contributed by atoms with Crippen LogP contribution in [0.3, 0.4) is 0 Å². The van der Waals surface area contributed by atoms with Gasteiger partial charge in [0.1, 0.15) is 0 Å². The number of ether oxygens (including phenoxy) is 1. The van der Waals surface area contributed by atoms with Crippen LogP contribution in [-0.2, 0) is 4.74 Å². The maximum Gasteiger partial charge on any atom is 0.0697 e. The molecule has 0 spiro atoms. The third kappa shape index (κ3) is 3.16. The molecule has 1 fully saturated rings. The summed E-state index contributed by atoms with van der Waals surface area (Å²) in [7, 11) is 1.86. The van der Waals surface area contributed by atoms with Crippen LogP contribution in [0.25, 0.3) is 0 Å². The van der Waals surface area contributed by atoms with E-state index in [1.807, 2.05) is 7.11 Å². The molecule has 0 aliphatic heterocycles. The molecule has 1 aliphatic rings. The number of methoxy groups -OCH3 is 1. The van der Waals surface area contributed by atoms with Crippen molar-refractivity contribution < 1.29 is 4.74 Å². The molecule has 1 unspecified atom stereocenters. The molecule has 1 heterocycles. The zero-order valence-corrected chi connectivity index (χ0v) is 13.6. The van der Waals surface area contributed by atoms with Crippen molar-refractivity contribution in [3.05, 3.63) is 20.8 Å². The summed E-state index contributed by atoms with van der Waals surface area (Å²) in [5.41, 5.74) is 1.50. The zero-order chi connectivity index (χ0) is 13.0. The van der Waals surface area contributed by atoms with Gasteiger partial charge in [-0.15, -0.1) is 0 Å². The van der Waals surface area contributed by atoms with Gasteiger partial charge in [0.15, 0.2) is 0 Å². The largest absolute Gasteiger partial charge is 0.378 e. The molecule has 2 rings (SSSR count). The highest BCUT2D eigenvalue weighted by atomic mass is 79.9. The molecule has 1 aromatic heterocycles. The molecule has 2 nitrogen and oxygen atoms in total. The molecular formula is C14H22BrNOS. The van der Waals surface area contributed by atoms with E-state index in [1.54, 1.807) is 11.3 Å². The molecule has 0 saturated heterocycles. The van der Waals surface area contributed by atoms with Crippen LogP contribution in [0.1, 0.15) is 50.6 Å². The molecule has 18 heavy (non-hydrogen) atoms. The lowest BCUT2D eigenvalue weighted by Crippen LogP contribution is -2.43. The van der Waals surface area contributed by atoms with Gasteiger partial charge < -0.3 is 10.1 Å². The Labute approximate surface area is 122 Å². The smallest absolute Gasteiger partial charge is 0.0697 e. The van der Waals surface area contributed by atoms with Crippen molar-refractivity contribution in [2.75, 3.05) is 13.7 Å². The Kier molecular flexibility index (Phi) is 5.24. The Balaban J connectivity index is 2.08. The first-order valence-corrected chi connectivity index (χ1v) is 8.44. The fraction of sp³-hybridized carbons (Fsp3) is 0.714. The minimum Gasteiger partial charge on any atom is -0.378 e. The summed E-state index contributed by atoms with van der Waals surface area (Å²) in [5.74, 6) is 0. The van der Waals surface area contributed by atoms with Crippen LogP contribution in [0.5, 0.6) is 0 Å². The first-order valence-electron chi connectivity index (χ1n) is 6.71. The predicted octanol–water partition coefficient (Wildman–Crippen LogP) is 4.51. The van der Waals surface area contributed by atoms with Gasteiger partial charge in [-0.05, 0) is 65.5 Å². The van der Waals surface area contributed by atoms with Crippen LogP contribution in [-0.4, -0.2) is 19.3 Å². The van der Waals surface area contributed by atoms with Gasteiger partial charge in [-0.1, -0.05) is 6.92 Å². The van der Waals surface area contributed by atoms with Crippen molar-refractivity contribution in [2.24, 2.45) is 0 Å². The molecule has 1 aromatic rings. The Morgan fingerprint density at radius 3 is 2.72 bits per heavy atom. The van der Waals surface area contributed by atoms with Gasteiger partial charge in [0.05, 0.1) is 5.60 Å². The number of nitrogens with one attached hydrogen (secondary N) is 1. The van der Waals surface area contributed by atoms with Crippen LogP contribution >= 0.6 is 27.3 Å². The van der Waals surface area contributed by atoms with Crippen LogP contribution in [0.15, 0.2) is 15.2 Å². The minimum absolute atomic E-state index is 0.118.